The third-order valence-electron chi connectivity index (χ3n) is 4.79. The van der Waals surface area contributed by atoms with E-state index >= 15 is 0 Å². The second-order valence-corrected chi connectivity index (χ2v) is 6.66. The maximum Gasteiger partial charge on any atom is 0.322 e. The standard InChI is InChI=1S/C21H24N2O4/c1-27-18-8-9-19-16(14-18)11-12-23(19)21(26)22-17(7-10-20(24)25)13-15-5-3-2-4-6-15/h2-6,8-9,14,17H,7,10-13H2,1H3,(H,22,26)(H,24,25). The molecule has 2 aromatic rings. The van der Waals surface area contributed by atoms with E-state index in [1.165, 1.54) is 0 Å². The van der Waals surface area contributed by atoms with Gasteiger partial charge in [-0.3, -0.25) is 9.69 Å². The van der Waals surface area contributed by atoms with Crippen molar-refractivity contribution in [2.24, 2.45) is 0 Å². The lowest BCUT2D eigenvalue weighted by Crippen LogP contribution is -2.45. The van der Waals surface area contributed by atoms with Gasteiger partial charge in [-0.25, -0.2) is 4.79 Å². The number of fused-ring (bicyclic) bond motifs is 1. The summed E-state index contributed by atoms with van der Waals surface area (Å²) in [4.78, 5) is 25.5. The van der Waals surface area contributed by atoms with Crippen LogP contribution in [0.3, 0.4) is 0 Å². The Labute approximate surface area is 158 Å². The monoisotopic (exact) mass is 368 g/mol. The molecule has 0 saturated heterocycles. The van der Waals surface area contributed by atoms with Gasteiger partial charge in [0.1, 0.15) is 5.75 Å². The molecule has 0 saturated carbocycles. The molecule has 0 fully saturated rings. The third-order valence-corrected chi connectivity index (χ3v) is 4.79. The number of carboxylic acids is 1. The van der Waals surface area contributed by atoms with Crippen molar-refractivity contribution in [3.63, 3.8) is 0 Å². The smallest absolute Gasteiger partial charge is 0.322 e. The lowest BCUT2D eigenvalue weighted by molar-refractivity contribution is -0.137. The molecule has 1 aliphatic rings. The van der Waals surface area contributed by atoms with Gasteiger partial charge >= 0.3 is 12.0 Å². The Morgan fingerprint density at radius 3 is 2.70 bits per heavy atom. The van der Waals surface area contributed by atoms with E-state index in [0.29, 0.717) is 19.4 Å². The van der Waals surface area contributed by atoms with Crippen LogP contribution in [0.5, 0.6) is 5.75 Å². The predicted molar refractivity (Wildman–Crippen MR) is 103 cm³/mol. The summed E-state index contributed by atoms with van der Waals surface area (Å²) in [5.74, 6) is -0.0830. The number of nitrogens with zero attached hydrogens (tertiary/aromatic N) is 1. The Bertz CT molecular complexity index is 807. The Kier molecular flexibility index (Phi) is 5.96. The largest absolute Gasteiger partial charge is 0.497 e. The summed E-state index contributed by atoms with van der Waals surface area (Å²) in [6.45, 7) is 0.603. The van der Waals surface area contributed by atoms with Crippen LogP contribution in [-0.2, 0) is 17.6 Å². The number of nitrogens with one attached hydrogen (secondary N) is 1. The number of anilines is 1. The number of aliphatic carboxylic acids is 1. The number of ether oxygens (including phenoxy) is 1. The first-order valence-electron chi connectivity index (χ1n) is 9.07. The van der Waals surface area contributed by atoms with Crippen LogP contribution in [-0.4, -0.2) is 36.8 Å². The summed E-state index contributed by atoms with van der Waals surface area (Å²) >= 11 is 0. The molecule has 1 unspecified atom stereocenters. The molecular formula is C21H24N2O4. The molecule has 0 aliphatic carbocycles. The fourth-order valence-electron chi connectivity index (χ4n) is 3.39. The van der Waals surface area contributed by atoms with Gasteiger partial charge in [0.25, 0.3) is 0 Å². The predicted octanol–water partition coefficient (Wildman–Crippen LogP) is 3.24. The summed E-state index contributed by atoms with van der Waals surface area (Å²) in [5, 5.41) is 12.0. The summed E-state index contributed by atoms with van der Waals surface area (Å²) < 4.78 is 5.25. The van der Waals surface area contributed by atoms with Crippen molar-refractivity contribution in [2.45, 2.75) is 31.7 Å². The van der Waals surface area contributed by atoms with Crippen LogP contribution in [0.2, 0.25) is 0 Å². The quantitative estimate of drug-likeness (QED) is 0.786. The van der Waals surface area contributed by atoms with Gasteiger partial charge in [-0.2, -0.15) is 0 Å². The number of urea groups is 1. The van der Waals surface area contributed by atoms with Gasteiger partial charge in [0.2, 0.25) is 0 Å². The van der Waals surface area contributed by atoms with Gasteiger partial charge in [-0.15, -0.1) is 0 Å². The zero-order valence-corrected chi connectivity index (χ0v) is 15.4. The number of benzene rings is 2. The van der Waals surface area contributed by atoms with E-state index in [-0.39, 0.29) is 18.5 Å². The number of carbonyl (C=O) groups excluding carboxylic acids is 1. The molecular weight excluding hydrogens is 344 g/mol. The molecule has 6 heteroatoms. The average Bonchev–Trinajstić information content (AvgIpc) is 3.10. The SMILES string of the molecule is COc1ccc2c(c1)CCN2C(=O)NC(CCC(=O)O)Cc1ccccc1. The number of methoxy groups -OCH3 is 1. The Balaban J connectivity index is 1.70. The molecule has 1 heterocycles. The molecule has 2 N–H and O–H groups in total. The highest BCUT2D eigenvalue weighted by Gasteiger charge is 2.26. The number of carbonyl (C=O) groups is 2. The highest BCUT2D eigenvalue weighted by Crippen LogP contribution is 2.31. The zero-order valence-electron chi connectivity index (χ0n) is 15.4. The van der Waals surface area contributed by atoms with E-state index in [9.17, 15) is 9.59 Å². The van der Waals surface area contributed by atoms with E-state index in [0.717, 1.165) is 29.0 Å². The molecule has 0 spiro atoms. The molecule has 1 aliphatic heterocycles. The summed E-state index contributed by atoms with van der Waals surface area (Å²) in [6.07, 6.45) is 1.78. The van der Waals surface area contributed by atoms with Crippen LogP contribution in [0.4, 0.5) is 10.5 Å². The van der Waals surface area contributed by atoms with Crippen LogP contribution in [0.1, 0.15) is 24.0 Å². The summed E-state index contributed by atoms with van der Waals surface area (Å²) in [5.41, 5.74) is 3.03. The minimum Gasteiger partial charge on any atom is -0.497 e. The van der Waals surface area contributed by atoms with Gasteiger partial charge in [-0.1, -0.05) is 30.3 Å². The second-order valence-electron chi connectivity index (χ2n) is 6.66. The number of rotatable bonds is 7. The van der Waals surface area contributed by atoms with Crippen LogP contribution in [0.25, 0.3) is 0 Å². The van der Waals surface area contributed by atoms with Crippen molar-refractivity contribution in [1.82, 2.24) is 5.32 Å². The Hall–Kier alpha value is -3.02. The van der Waals surface area contributed by atoms with Crippen molar-refractivity contribution in [3.05, 3.63) is 59.7 Å². The summed E-state index contributed by atoms with van der Waals surface area (Å²) in [6, 6.07) is 15.0. The molecule has 3 rings (SSSR count). The van der Waals surface area contributed by atoms with Gasteiger partial charge in [0, 0.05) is 24.7 Å². The fraction of sp³-hybridized carbons (Fsp3) is 0.333. The molecule has 27 heavy (non-hydrogen) atoms. The van der Waals surface area contributed by atoms with Crippen molar-refractivity contribution >= 4 is 17.7 Å². The normalized spacial score (nSPS) is 13.7. The van der Waals surface area contributed by atoms with Gasteiger partial charge in [0.05, 0.1) is 7.11 Å². The van der Waals surface area contributed by atoms with Crippen LogP contribution in [0, 0.1) is 0 Å². The lowest BCUT2D eigenvalue weighted by atomic mass is 10.0. The van der Waals surface area contributed by atoms with Crippen LogP contribution < -0.4 is 15.0 Å². The topological polar surface area (TPSA) is 78.9 Å². The minimum atomic E-state index is -0.860. The first-order chi connectivity index (χ1) is 13.1. The number of hydrogen-bond acceptors (Lipinski definition) is 3. The molecule has 0 aromatic heterocycles. The molecule has 0 bridgehead atoms. The van der Waals surface area contributed by atoms with E-state index < -0.39 is 5.97 Å². The maximum atomic E-state index is 12.8. The van der Waals surface area contributed by atoms with Crippen molar-refractivity contribution in [1.29, 1.82) is 0 Å². The lowest BCUT2D eigenvalue weighted by Gasteiger charge is -2.24. The fourth-order valence-corrected chi connectivity index (χ4v) is 3.39. The molecule has 142 valence electrons. The maximum absolute atomic E-state index is 12.8. The van der Waals surface area contributed by atoms with Gasteiger partial charge in [-0.05, 0) is 48.6 Å². The Morgan fingerprint density at radius 1 is 1.22 bits per heavy atom. The molecule has 0 radical (unpaired) electrons. The van der Waals surface area contributed by atoms with E-state index in [1.54, 1.807) is 12.0 Å². The van der Waals surface area contributed by atoms with E-state index in [2.05, 4.69) is 5.32 Å². The van der Waals surface area contributed by atoms with Crippen molar-refractivity contribution in [2.75, 3.05) is 18.6 Å². The van der Waals surface area contributed by atoms with Crippen molar-refractivity contribution < 1.29 is 19.4 Å². The van der Waals surface area contributed by atoms with E-state index in [4.69, 9.17) is 9.84 Å². The van der Waals surface area contributed by atoms with Gasteiger partial charge in [0.15, 0.2) is 0 Å². The number of carboxylic acid groups (broad SMARTS) is 1. The van der Waals surface area contributed by atoms with Crippen LogP contribution in [0.15, 0.2) is 48.5 Å². The first-order valence-corrected chi connectivity index (χ1v) is 9.07. The van der Waals surface area contributed by atoms with E-state index in [1.807, 2.05) is 48.5 Å². The van der Waals surface area contributed by atoms with Gasteiger partial charge < -0.3 is 15.2 Å². The summed E-state index contributed by atoms with van der Waals surface area (Å²) in [7, 11) is 1.62. The molecule has 1 atom stereocenters. The number of amides is 2. The van der Waals surface area contributed by atoms with Crippen molar-refractivity contribution in [3.8, 4) is 5.75 Å². The minimum absolute atomic E-state index is 0.0194. The third kappa shape index (κ3) is 4.78. The second kappa shape index (κ2) is 8.58. The first kappa shape index (κ1) is 18.8. The zero-order chi connectivity index (χ0) is 19.2. The number of hydrogen-bond donors (Lipinski definition) is 2. The van der Waals surface area contributed by atoms with Crippen LogP contribution >= 0.6 is 0 Å². The highest BCUT2D eigenvalue weighted by atomic mass is 16.5. The highest BCUT2D eigenvalue weighted by molar-refractivity contribution is 5.94. The average molecular weight is 368 g/mol. The Morgan fingerprint density at radius 2 is 2.00 bits per heavy atom. The molecule has 6 nitrogen and oxygen atoms in total. The molecule has 2 amide bonds. The molecule has 2 aromatic carbocycles.